The first kappa shape index (κ1) is 15.3. The van der Waals surface area contributed by atoms with Crippen LogP contribution in [0.3, 0.4) is 0 Å². The summed E-state index contributed by atoms with van der Waals surface area (Å²) in [6, 6.07) is 14.3. The van der Waals surface area contributed by atoms with E-state index in [9.17, 15) is 4.79 Å². The van der Waals surface area contributed by atoms with Gasteiger partial charge in [0, 0.05) is 16.3 Å². The van der Waals surface area contributed by atoms with Crippen molar-refractivity contribution in [1.29, 1.82) is 0 Å². The molecule has 21 heavy (non-hydrogen) atoms. The summed E-state index contributed by atoms with van der Waals surface area (Å²) in [5.74, 6) is -0.292. The average molecular weight is 320 g/mol. The highest BCUT2D eigenvalue weighted by Crippen LogP contribution is 2.09. The molecule has 0 saturated heterocycles. The van der Waals surface area contributed by atoms with Gasteiger partial charge in [0.05, 0.1) is 0 Å². The molecule has 0 aliphatic rings. The number of aryl methyl sites for hydroxylation is 1. The lowest BCUT2D eigenvalue weighted by atomic mass is 10.2. The normalized spacial score (nSPS) is 9.81. The summed E-state index contributed by atoms with van der Waals surface area (Å²) >= 11 is 10.9. The summed E-state index contributed by atoms with van der Waals surface area (Å²) in [6.07, 6.45) is 0. The number of anilines is 1. The molecule has 0 heterocycles. The summed E-state index contributed by atoms with van der Waals surface area (Å²) in [5.41, 5.74) is 7.66. The second-order valence-electron chi connectivity index (χ2n) is 4.41. The van der Waals surface area contributed by atoms with Crippen LogP contribution in [0.4, 0.5) is 5.69 Å². The molecule has 0 aliphatic heterocycles. The Kier molecular flexibility index (Phi) is 5.14. The molecule has 2 rings (SSSR count). The second-order valence-corrected chi connectivity index (χ2v) is 5.25. The van der Waals surface area contributed by atoms with E-state index < -0.39 is 0 Å². The summed E-state index contributed by atoms with van der Waals surface area (Å²) < 4.78 is 0. The van der Waals surface area contributed by atoms with Gasteiger partial charge in [-0.05, 0) is 55.5 Å². The molecular weight excluding hydrogens is 306 g/mol. The summed E-state index contributed by atoms with van der Waals surface area (Å²) in [7, 11) is 0. The number of thiocarbonyl (C=S) groups is 1. The van der Waals surface area contributed by atoms with Gasteiger partial charge >= 0.3 is 0 Å². The van der Waals surface area contributed by atoms with E-state index in [1.54, 1.807) is 24.3 Å². The maximum atomic E-state index is 11.9. The minimum absolute atomic E-state index is 0.292. The zero-order valence-corrected chi connectivity index (χ0v) is 12.9. The van der Waals surface area contributed by atoms with Crippen molar-refractivity contribution in [2.24, 2.45) is 0 Å². The minimum Gasteiger partial charge on any atom is -0.331 e. The fourth-order valence-corrected chi connectivity index (χ4v) is 1.88. The van der Waals surface area contributed by atoms with Gasteiger partial charge in [-0.1, -0.05) is 29.3 Å². The first-order valence-corrected chi connectivity index (χ1v) is 7.03. The predicted molar refractivity (Wildman–Crippen MR) is 89.5 cm³/mol. The molecule has 0 radical (unpaired) electrons. The molecule has 0 aromatic heterocycles. The van der Waals surface area contributed by atoms with Crippen LogP contribution in [0.1, 0.15) is 15.9 Å². The molecule has 0 aliphatic carbocycles. The standard InChI is InChI=1S/C15H14ClN3OS/c1-10-2-8-13(9-3-10)17-15(21)19-18-14(20)11-4-6-12(16)7-5-11/h2-9H,1H3,(H,18,20)(H2,17,19,21). The third-order valence-corrected chi connectivity index (χ3v) is 3.16. The van der Waals surface area contributed by atoms with Gasteiger partial charge in [-0.15, -0.1) is 0 Å². The number of hydrogen-bond donors (Lipinski definition) is 3. The van der Waals surface area contributed by atoms with Gasteiger partial charge in [0.2, 0.25) is 0 Å². The van der Waals surface area contributed by atoms with Crippen LogP contribution in [0.15, 0.2) is 48.5 Å². The number of benzene rings is 2. The van der Waals surface area contributed by atoms with Gasteiger partial charge in [-0.3, -0.25) is 15.6 Å². The second kappa shape index (κ2) is 7.06. The molecule has 6 heteroatoms. The minimum atomic E-state index is -0.292. The van der Waals surface area contributed by atoms with Crippen molar-refractivity contribution in [3.63, 3.8) is 0 Å². The lowest BCUT2D eigenvalue weighted by Gasteiger charge is -2.11. The van der Waals surface area contributed by atoms with Crippen molar-refractivity contribution in [3.05, 3.63) is 64.7 Å². The van der Waals surface area contributed by atoms with Crippen LogP contribution in [0.25, 0.3) is 0 Å². The van der Waals surface area contributed by atoms with E-state index >= 15 is 0 Å². The predicted octanol–water partition coefficient (Wildman–Crippen LogP) is 3.28. The number of hydrogen-bond acceptors (Lipinski definition) is 2. The van der Waals surface area contributed by atoms with Crippen LogP contribution in [0.2, 0.25) is 5.02 Å². The number of nitrogens with one attached hydrogen (secondary N) is 3. The van der Waals surface area contributed by atoms with Crippen LogP contribution in [-0.2, 0) is 0 Å². The summed E-state index contributed by atoms with van der Waals surface area (Å²) in [6.45, 7) is 2.01. The maximum absolute atomic E-state index is 11.9. The van der Waals surface area contributed by atoms with E-state index in [2.05, 4.69) is 16.2 Å². The highest BCUT2D eigenvalue weighted by atomic mass is 35.5. The Morgan fingerprint density at radius 1 is 1.00 bits per heavy atom. The highest BCUT2D eigenvalue weighted by Gasteiger charge is 2.05. The smallest absolute Gasteiger partial charge is 0.269 e. The summed E-state index contributed by atoms with van der Waals surface area (Å²) in [5, 5.41) is 3.86. The fraction of sp³-hybridized carbons (Fsp3) is 0.0667. The van der Waals surface area contributed by atoms with Gasteiger partial charge in [-0.25, -0.2) is 0 Å². The van der Waals surface area contributed by atoms with Crippen molar-refractivity contribution < 1.29 is 4.79 Å². The molecule has 0 unspecified atom stereocenters. The molecule has 0 spiro atoms. The van der Waals surface area contributed by atoms with E-state index in [1.165, 1.54) is 0 Å². The van der Waals surface area contributed by atoms with Gasteiger partial charge < -0.3 is 5.32 Å². The number of rotatable bonds is 2. The van der Waals surface area contributed by atoms with Gasteiger partial charge in [0.15, 0.2) is 5.11 Å². The van der Waals surface area contributed by atoms with Crippen molar-refractivity contribution in [2.75, 3.05) is 5.32 Å². The molecule has 108 valence electrons. The largest absolute Gasteiger partial charge is 0.331 e. The van der Waals surface area contributed by atoms with Crippen LogP contribution >= 0.6 is 23.8 Å². The molecule has 3 N–H and O–H groups in total. The molecular formula is C15H14ClN3OS. The zero-order chi connectivity index (χ0) is 15.2. The molecule has 2 aromatic rings. The molecule has 4 nitrogen and oxygen atoms in total. The van der Waals surface area contributed by atoms with Crippen molar-refractivity contribution in [3.8, 4) is 0 Å². The molecule has 0 atom stereocenters. The summed E-state index contributed by atoms with van der Waals surface area (Å²) in [4.78, 5) is 11.9. The Labute approximate surface area is 133 Å². The fourth-order valence-electron chi connectivity index (χ4n) is 1.59. The monoisotopic (exact) mass is 319 g/mol. The third-order valence-electron chi connectivity index (χ3n) is 2.71. The number of amides is 1. The molecule has 0 fully saturated rings. The van der Waals surface area contributed by atoms with Gasteiger partial charge in [-0.2, -0.15) is 0 Å². The Hall–Kier alpha value is -2.11. The SMILES string of the molecule is Cc1ccc(NC(=S)NNC(=O)c2ccc(Cl)cc2)cc1. The van der Waals surface area contributed by atoms with E-state index in [1.807, 2.05) is 31.2 Å². The Balaban J connectivity index is 1.84. The van der Waals surface area contributed by atoms with Gasteiger partial charge in [0.1, 0.15) is 0 Å². The van der Waals surface area contributed by atoms with E-state index in [-0.39, 0.29) is 5.91 Å². The number of hydrazine groups is 1. The first-order chi connectivity index (χ1) is 10.0. The molecule has 2 aromatic carbocycles. The van der Waals surface area contributed by atoms with E-state index in [0.29, 0.717) is 15.7 Å². The van der Waals surface area contributed by atoms with Crippen LogP contribution in [0, 0.1) is 6.92 Å². The Morgan fingerprint density at radius 2 is 1.62 bits per heavy atom. The average Bonchev–Trinajstić information content (AvgIpc) is 2.48. The third kappa shape index (κ3) is 4.73. The maximum Gasteiger partial charge on any atom is 0.269 e. The van der Waals surface area contributed by atoms with Gasteiger partial charge in [0.25, 0.3) is 5.91 Å². The van der Waals surface area contributed by atoms with E-state index in [0.717, 1.165) is 11.3 Å². The van der Waals surface area contributed by atoms with Crippen molar-refractivity contribution >= 4 is 40.5 Å². The number of halogens is 1. The van der Waals surface area contributed by atoms with Crippen LogP contribution < -0.4 is 16.2 Å². The molecule has 0 saturated carbocycles. The lowest BCUT2D eigenvalue weighted by molar-refractivity contribution is 0.0944. The topological polar surface area (TPSA) is 53.2 Å². The number of carbonyl (C=O) groups is 1. The molecule has 1 amide bonds. The van der Waals surface area contributed by atoms with E-state index in [4.69, 9.17) is 23.8 Å². The van der Waals surface area contributed by atoms with Crippen LogP contribution in [0.5, 0.6) is 0 Å². The Bertz CT molecular complexity index is 641. The Morgan fingerprint density at radius 3 is 2.24 bits per heavy atom. The quantitative estimate of drug-likeness (QED) is 0.587. The highest BCUT2D eigenvalue weighted by molar-refractivity contribution is 7.80. The van der Waals surface area contributed by atoms with Crippen LogP contribution in [-0.4, -0.2) is 11.0 Å². The zero-order valence-electron chi connectivity index (χ0n) is 11.3. The van der Waals surface area contributed by atoms with Crippen molar-refractivity contribution in [1.82, 2.24) is 10.9 Å². The first-order valence-electron chi connectivity index (χ1n) is 6.24. The lowest BCUT2D eigenvalue weighted by Crippen LogP contribution is -2.43. The van der Waals surface area contributed by atoms with Crippen molar-refractivity contribution in [2.45, 2.75) is 6.92 Å². The molecule has 0 bridgehead atoms. The number of carbonyl (C=O) groups excluding carboxylic acids is 1.